The normalized spacial score (nSPS) is 20.5. The van der Waals surface area contributed by atoms with Gasteiger partial charge in [-0.25, -0.2) is 4.39 Å². The average molecular weight is 306 g/mol. The third kappa shape index (κ3) is 3.71. The van der Waals surface area contributed by atoms with Crippen molar-refractivity contribution in [3.8, 4) is 0 Å². The summed E-state index contributed by atoms with van der Waals surface area (Å²) in [7, 11) is 3.48. The maximum absolute atomic E-state index is 13.0. The summed E-state index contributed by atoms with van der Waals surface area (Å²) in [5, 5.41) is 0. The zero-order valence-electron chi connectivity index (χ0n) is 13.4. The van der Waals surface area contributed by atoms with Gasteiger partial charge in [-0.15, -0.1) is 0 Å². The Bertz CT molecular complexity index is 542. The molecule has 0 radical (unpaired) electrons. The van der Waals surface area contributed by atoms with Crippen LogP contribution < -0.4 is 0 Å². The van der Waals surface area contributed by atoms with Gasteiger partial charge in [-0.1, -0.05) is 0 Å². The number of hydrogen-bond acceptors (Lipinski definition) is 3. The Morgan fingerprint density at radius 3 is 2.50 bits per heavy atom. The standard InChI is InChI=1S/C17H23FN2O2/c1-12(17(22)19(2)3)20-10-4-5-14(11-20)16(21)13-6-8-15(18)9-7-13/h6-9,12,14H,4-5,10-11H2,1-3H3/t12-,14-/m1/s1. The third-order valence-electron chi connectivity index (χ3n) is 4.30. The van der Waals surface area contributed by atoms with E-state index in [9.17, 15) is 14.0 Å². The molecule has 1 saturated heterocycles. The molecule has 1 fully saturated rings. The van der Waals surface area contributed by atoms with Crippen molar-refractivity contribution in [1.82, 2.24) is 9.80 Å². The van der Waals surface area contributed by atoms with Crippen LogP contribution >= 0.6 is 0 Å². The van der Waals surface area contributed by atoms with E-state index >= 15 is 0 Å². The highest BCUT2D eigenvalue weighted by atomic mass is 19.1. The fraction of sp³-hybridized carbons (Fsp3) is 0.529. The second-order valence-electron chi connectivity index (χ2n) is 6.11. The van der Waals surface area contributed by atoms with Crippen molar-refractivity contribution in [1.29, 1.82) is 0 Å². The van der Waals surface area contributed by atoms with Crippen molar-refractivity contribution >= 4 is 11.7 Å². The maximum atomic E-state index is 13.0. The maximum Gasteiger partial charge on any atom is 0.239 e. The number of amides is 1. The van der Waals surface area contributed by atoms with Gasteiger partial charge in [-0.2, -0.15) is 0 Å². The Morgan fingerprint density at radius 1 is 1.27 bits per heavy atom. The molecule has 0 unspecified atom stereocenters. The van der Waals surface area contributed by atoms with Crippen LogP contribution in [0.5, 0.6) is 0 Å². The SMILES string of the molecule is C[C@H](C(=O)N(C)C)N1CCC[C@@H](C(=O)c2ccc(F)cc2)C1. The number of likely N-dealkylation sites (N-methyl/N-ethyl adjacent to an activating group) is 1. The molecule has 0 bridgehead atoms. The molecule has 1 aromatic rings. The molecule has 1 heterocycles. The Morgan fingerprint density at radius 2 is 1.91 bits per heavy atom. The first kappa shape index (κ1) is 16.6. The molecule has 120 valence electrons. The molecular formula is C17H23FN2O2. The van der Waals surface area contributed by atoms with Crippen molar-refractivity contribution in [3.63, 3.8) is 0 Å². The number of halogens is 1. The second-order valence-corrected chi connectivity index (χ2v) is 6.11. The number of carbonyl (C=O) groups is 2. The second kappa shape index (κ2) is 7.01. The monoisotopic (exact) mass is 306 g/mol. The number of carbonyl (C=O) groups excluding carboxylic acids is 2. The van der Waals surface area contributed by atoms with Crippen LogP contribution in [0.3, 0.4) is 0 Å². The van der Waals surface area contributed by atoms with Crippen LogP contribution in [0.15, 0.2) is 24.3 Å². The molecule has 1 aromatic carbocycles. The highest BCUT2D eigenvalue weighted by Gasteiger charge is 2.31. The number of hydrogen-bond donors (Lipinski definition) is 0. The lowest BCUT2D eigenvalue weighted by molar-refractivity contribution is -0.134. The summed E-state index contributed by atoms with van der Waals surface area (Å²) in [6, 6.07) is 5.47. The van der Waals surface area contributed by atoms with Gasteiger partial charge in [-0.05, 0) is 50.6 Å². The van der Waals surface area contributed by atoms with Crippen LogP contribution in [0.1, 0.15) is 30.1 Å². The smallest absolute Gasteiger partial charge is 0.239 e. The van der Waals surface area contributed by atoms with E-state index in [0.29, 0.717) is 12.1 Å². The van der Waals surface area contributed by atoms with Crippen LogP contribution in [0, 0.1) is 11.7 Å². The van der Waals surface area contributed by atoms with Crippen molar-refractivity contribution in [2.75, 3.05) is 27.2 Å². The van der Waals surface area contributed by atoms with Crippen LogP contribution in [0.25, 0.3) is 0 Å². The molecule has 1 aliphatic rings. The van der Waals surface area contributed by atoms with E-state index in [1.165, 1.54) is 24.3 Å². The van der Waals surface area contributed by atoms with E-state index < -0.39 is 0 Å². The first-order valence-corrected chi connectivity index (χ1v) is 7.65. The topological polar surface area (TPSA) is 40.6 Å². The van der Waals surface area contributed by atoms with Gasteiger partial charge in [-0.3, -0.25) is 14.5 Å². The molecule has 0 aliphatic carbocycles. The summed E-state index contributed by atoms with van der Waals surface area (Å²) in [5.41, 5.74) is 0.542. The number of ketones is 1. The number of rotatable bonds is 4. The van der Waals surface area contributed by atoms with Gasteiger partial charge in [0, 0.05) is 32.1 Å². The molecule has 0 saturated carbocycles. The molecule has 2 atom stereocenters. The Labute approximate surface area is 130 Å². The van der Waals surface area contributed by atoms with Crippen molar-refractivity contribution in [2.24, 2.45) is 5.92 Å². The van der Waals surface area contributed by atoms with Gasteiger partial charge in [0.2, 0.25) is 5.91 Å². The fourth-order valence-electron chi connectivity index (χ4n) is 2.95. The lowest BCUT2D eigenvalue weighted by Crippen LogP contribution is -2.49. The van der Waals surface area contributed by atoms with Crippen LogP contribution in [-0.2, 0) is 4.79 Å². The molecule has 22 heavy (non-hydrogen) atoms. The summed E-state index contributed by atoms with van der Waals surface area (Å²) in [4.78, 5) is 28.3. The molecule has 0 spiro atoms. The minimum absolute atomic E-state index is 0.0363. The quantitative estimate of drug-likeness (QED) is 0.801. The van der Waals surface area contributed by atoms with Crippen LogP contribution in [0.4, 0.5) is 4.39 Å². The number of piperidine rings is 1. The largest absolute Gasteiger partial charge is 0.347 e. The van der Waals surface area contributed by atoms with E-state index in [0.717, 1.165) is 19.4 Å². The highest BCUT2D eigenvalue weighted by Crippen LogP contribution is 2.23. The van der Waals surface area contributed by atoms with Gasteiger partial charge in [0.15, 0.2) is 5.78 Å². The molecule has 5 heteroatoms. The molecule has 0 N–H and O–H groups in total. The summed E-state index contributed by atoms with van der Waals surface area (Å²) >= 11 is 0. The summed E-state index contributed by atoms with van der Waals surface area (Å²) in [5.74, 6) is -0.382. The predicted octanol–water partition coefficient (Wildman–Crippen LogP) is 2.20. The Kier molecular flexibility index (Phi) is 5.29. The first-order chi connectivity index (χ1) is 10.4. The number of likely N-dealkylation sites (tertiary alicyclic amines) is 1. The minimum atomic E-state index is -0.341. The Hall–Kier alpha value is -1.75. The Balaban J connectivity index is 2.05. The number of Topliss-reactive ketones (excluding diaryl/α,β-unsaturated/α-hetero) is 1. The number of benzene rings is 1. The summed E-state index contributed by atoms with van der Waals surface area (Å²) < 4.78 is 13.0. The molecule has 4 nitrogen and oxygen atoms in total. The molecule has 1 aliphatic heterocycles. The zero-order chi connectivity index (χ0) is 16.3. The van der Waals surface area contributed by atoms with Gasteiger partial charge >= 0.3 is 0 Å². The average Bonchev–Trinajstić information content (AvgIpc) is 2.53. The van der Waals surface area contributed by atoms with Gasteiger partial charge in [0.1, 0.15) is 5.82 Å². The van der Waals surface area contributed by atoms with E-state index in [1.807, 2.05) is 6.92 Å². The predicted molar refractivity (Wildman–Crippen MR) is 83.2 cm³/mol. The third-order valence-corrected chi connectivity index (χ3v) is 4.30. The number of nitrogens with zero attached hydrogens (tertiary/aromatic N) is 2. The van der Waals surface area contributed by atoms with Crippen molar-refractivity contribution < 1.29 is 14.0 Å². The molecule has 2 rings (SSSR count). The van der Waals surface area contributed by atoms with E-state index in [2.05, 4.69) is 4.90 Å². The summed E-state index contributed by atoms with van der Waals surface area (Å²) in [6.45, 7) is 3.29. The molecule has 1 amide bonds. The van der Waals surface area contributed by atoms with E-state index in [1.54, 1.807) is 19.0 Å². The highest BCUT2D eigenvalue weighted by molar-refractivity contribution is 5.98. The van der Waals surface area contributed by atoms with E-state index in [4.69, 9.17) is 0 Å². The lowest BCUT2D eigenvalue weighted by atomic mass is 9.89. The van der Waals surface area contributed by atoms with Gasteiger partial charge in [0.25, 0.3) is 0 Å². The van der Waals surface area contributed by atoms with E-state index in [-0.39, 0.29) is 29.5 Å². The van der Waals surface area contributed by atoms with Crippen molar-refractivity contribution in [2.45, 2.75) is 25.8 Å². The molecular weight excluding hydrogens is 283 g/mol. The summed E-state index contributed by atoms with van der Waals surface area (Å²) in [6.07, 6.45) is 1.71. The fourth-order valence-corrected chi connectivity index (χ4v) is 2.95. The van der Waals surface area contributed by atoms with Gasteiger partial charge < -0.3 is 4.90 Å². The first-order valence-electron chi connectivity index (χ1n) is 7.65. The minimum Gasteiger partial charge on any atom is -0.347 e. The van der Waals surface area contributed by atoms with Crippen molar-refractivity contribution in [3.05, 3.63) is 35.6 Å². The molecule has 0 aromatic heterocycles. The van der Waals surface area contributed by atoms with Crippen LogP contribution in [0.2, 0.25) is 0 Å². The van der Waals surface area contributed by atoms with Crippen LogP contribution in [-0.4, -0.2) is 54.7 Å². The van der Waals surface area contributed by atoms with Gasteiger partial charge in [0.05, 0.1) is 6.04 Å². The lowest BCUT2D eigenvalue weighted by Gasteiger charge is -2.36. The zero-order valence-corrected chi connectivity index (χ0v) is 13.4.